The molecule has 2 aromatic carbocycles. The van der Waals surface area contributed by atoms with E-state index in [1.165, 1.54) is 11.3 Å². The van der Waals surface area contributed by atoms with Crippen LogP contribution >= 0.6 is 11.6 Å². The third-order valence-corrected chi connectivity index (χ3v) is 4.87. The molecule has 2 aromatic rings. The van der Waals surface area contributed by atoms with Crippen LogP contribution < -0.4 is 4.90 Å². The fraction of sp³-hybridized carbons (Fsp3) is 0.350. The highest BCUT2D eigenvalue weighted by Gasteiger charge is 2.20. The van der Waals surface area contributed by atoms with Crippen molar-refractivity contribution < 1.29 is 4.79 Å². The molecule has 0 spiro atoms. The third kappa shape index (κ3) is 3.97. The van der Waals surface area contributed by atoms with Gasteiger partial charge in [-0.15, -0.1) is 0 Å². The first kappa shape index (κ1) is 17.0. The fourth-order valence-electron chi connectivity index (χ4n) is 3.23. The second kappa shape index (κ2) is 7.37. The number of nitrogens with zero attached hydrogens (tertiary/aromatic N) is 2. The summed E-state index contributed by atoms with van der Waals surface area (Å²) in [6, 6.07) is 14.0. The Morgan fingerprint density at radius 2 is 1.67 bits per heavy atom. The smallest absolute Gasteiger partial charge is 0.177 e. The first-order chi connectivity index (χ1) is 11.5. The molecule has 126 valence electrons. The molecule has 1 aliphatic rings. The van der Waals surface area contributed by atoms with E-state index in [0.717, 1.165) is 42.3 Å². The summed E-state index contributed by atoms with van der Waals surface area (Å²) in [5.74, 6) is 0.215. The molecule has 0 bridgehead atoms. The summed E-state index contributed by atoms with van der Waals surface area (Å²) in [5, 5.41) is 0.761. The Hall–Kier alpha value is -1.84. The van der Waals surface area contributed by atoms with Crippen LogP contribution in [-0.2, 0) is 0 Å². The molecule has 4 heteroatoms. The van der Waals surface area contributed by atoms with Crippen LogP contribution in [0.15, 0.2) is 42.5 Å². The van der Waals surface area contributed by atoms with Gasteiger partial charge < -0.3 is 4.90 Å². The van der Waals surface area contributed by atoms with Crippen molar-refractivity contribution in [3.63, 3.8) is 0 Å². The number of Topliss-reactive ketones (excluding diaryl/α,β-unsaturated/α-hetero) is 1. The van der Waals surface area contributed by atoms with E-state index in [1.807, 2.05) is 31.2 Å². The lowest BCUT2D eigenvalue weighted by atomic mass is 10.0. The van der Waals surface area contributed by atoms with Gasteiger partial charge in [0.1, 0.15) is 0 Å². The van der Waals surface area contributed by atoms with Crippen molar-refractivity contribution in [2.24, 2.45) is 0 Å². The van der Waals surface area contributed by atoms with Crippen LogP contribution in [0.5, 0.6) is 0 Å². The lowest BCUT2D eigenvalue weighted by molar-refractivity contribution is 0.0926. The predicted octanol–water partition coefficient (Wildman–Crippen LogP) is 3.96. The summed E-state index contributed by atoms with van der Waals surface area (Å²) in [6.45, 7) is 8.23. The van der Waals surface area contributed by atoms with E-state index < -0.39 is 0 Å². The van der Waals surface area contributed by atoms with Crippen molar-refractivity contribution in [2.75, 3.05) is 37.6 Å². The number of rotatable bonds is 4. The number of carbonyl (C=O) groups is 1. The molecule has 0 aliphatic carbocycles. The van der Waals surface area contributed by atoms with Crippen LogP contribution in [-0.4, -0.2) is 43.4 Å². The van der Waals surface area contributed by atoms with Gasteiger partial charge in [0.05, 0.1) is 6.54 Å². The quantitative estimate of drug-likeness (QED) is 0.786. The minimum atomic E-state index is 0.215. The standard InChI is InChI=1S/C20H23ClN2O/c1-15-3-8-19(16(2)13-15)20(24)14-22-9-11-23(12-10-22)18-6-4-17(21)5-7-18/h3-8,13H,9-12,14H2,1-2H3. The number of carbonyl (C=O) groups excluding carboxylic acids is 1. The lowest BCUT2D eigenvalue weighted by Crippen LogP contribution is -2.48. The van der Waals surface area contributed by atoms with Crippen LogP contribution in [0.3, 0.4) is 0 Å². The summed E-state index contributed by atoms with van der Waals surface area (Å²) in [6.07, 6.45) is 0. The van der Waals surface area contributed by atoms with E-state index in [2.05, 4.69) is 34.9 Å². The molecule has 0 atom stereocenters. The molecule has 0 amide bonds. The highest BCUT2D eigenvalue weighted by molar-refractivity contribution is 6.30. The van der Waals surface area contributed by atoms with Crippen molar-refractivity contribution in [1.29, 1.82) is 0 Å². The Bertz CT molecular complexity index is 719. The molecule has 0 radical (unpaired) electrons. The Kier molecular flexibility index (Phi) is 5.22. The van der Waals surface area contributed by atoms with E-state index in [0.29, 0.717) is 6.54 Å². The van der Waals surface area contributed by atoms with E-state index in [-0.39, 0.29) is 5.78 Å². The zero-order valence-corrected chi connectivity index (χ0v) is 15.0. The number of hydrogen-bond donors (Lipinski definition) is 0. The number of anilines is 1. The number of halogens is 1. The molecule has 3 nitrogen and oxygen atoms in total. The van der Waals surface area contributed by atoms with Crippen LogP contribution in [0.1, 0.15) is 21.5 Å². The van der Waals surface area contributed by atoms with E-state index in [1.54, 1.807) is 0 Å². The van der Waals surface area contributed by atoms with Crippen LogP contribution in [0.4, 0.5) is 5.69 Å². The second-order valence-electron chi connectivity index (χ2n) is 6.48. The molecular formula is C20H23ClN2O. The van der Waals surface area contributed by atoms with Gasteiger partial charge in [0.2, 0.25) is 0 Å². The van der Waals surface area contributed by atoms with Gasteiger partial charge in [-0.1, -0.05) is 35.4 Å². The third-order valence-electron chi connectivity index (χ3n) is 4.61. The summed E-state index contributed by atoms with van der Waals surface area (Å²) >= 11 is 5.95. The average molecular weight is 343 g/mol. The molecule has 0 aromatic heterocycles. The zero-order chi connectivity index (χ0) is 17.1. The first-order valence-corrected chi connectivity index (χ1v) is 8.74. The van der Waals surface area contributed by atoms with Gasteiger partial charge in [-0.25, -0.2) is 0 Å². The second-order valence-corrected chi connectivity index (χ2v) is 6.92. The van der Waals surface area contributed by atoms with E-state index in [9.17, 15) is 4.79 Å². The van der Waals surface area contributed by atoms with E-state index >= 15 is 0 Å². The maximum Gasteiger partial charge on any atom is 0.177 e. The van der Waals surface area contributed by atoms with Crippen molar-refractivity contribution in [3.05, 3.63) is 64.2 Å². The lowest BCUT2D eigenvalue weighted by Gasteiger charge is -2.35. The largest absolute Gasteiger partial charge is 0.369 e. The fourth-order valence-corrected chi connectivity index (χ4v) is 3.36. The van der Waals surface area contributed by atoms with E-state index in [4.69, 9.17) is 11.6 Å². The van der Waals surface area contributed by atoms with Crippen LogP contribution in [0.25, 0.3) is 0 Å². The Balaban J connectivity index is 1.57. The van der Waals surface area contributed by atoms with Gasteiger partial charge in [-0.05, 0) is 43.7 Å². The van der Waals surface area contributed by atoms with Gasteiger partial charge in [-0.3, -0.25) is 9.69 Å². The molecule has 0 saturated carbocycles. The van der Waals surface area contributed by atoms with Crippen molar-refractivity contribution in [3.8, 4) is 0 Å². The molecule has 3 rings (SSSR count). The first-order valence-electron chi connectivity index (χ1n) is 8.36. The molecule has 0 unspecified atom stereocenters. The minimum absolute atomic E-state index is 0.215. The predicted molar refractivity (Wildman–Crippen MR) is 100 cm³/mol. The monoisotopic (exact) mass is 342 g/mol. The molecule has 1 aliphatic heterocycles. The van der Waals surface area contributed by atoms with Gasteiger partial charge in [-0.2, -0.15) is 0 Å². The van der Waals surface area contributed by atoms with Crippen molar-refractivity contribution in [1.82, 2.24) is 4.90 Å². The Morgan fingerprint density at radius 3 is 2.29 bits per heavy atom. The average Bonchev–Trinajstić information content (AvgIpc) is 2.56. The number of hydrogen-bond acceptors (Lipinski definition) is 3. The number of aryl methyl sites for hydroxylation is 2. The van der Waals surface area contributed by atoms with Crippen LogP contribution in [0.2, 0.25) is 5.02 Å². The SMILES string of the molecule is Cc1ccc(C(=O)CN2CCN(c3ccc(Cl)cc3)CC2)c(C)c1. The Labute approximate surface area is 148 Å². The molecule has 0 N–H and O–H groups in total. The topological polar surface area (TPSA) is 23.6 Å². The number of benzene rings is 2. The maximum atomic E-state index is 12.6. The summed E-state index contributed by atoms with van der Waals surface area (Å²) in [7, 11) is 0. The molecule has 1 saturated heterocycles. The number of ketones is 1. The molecular weight excluding hydrogens is 320 g/mol. The highest BCUT2D eigenvalue weighted by atomic mass is 35.5. The van der Waals surface area contributed by atoms with Gasteiger partial charge in [0.25, 0.3) is 0 Å². The van der Waals surface area contributed by atoms with Crippen LogP contribution in [0, 0.1) is 13.8 Å². The summed E-state index contributed by atoms with van der Waals surface area (Å²) in [4.78, 5) is 17.1. The summed E-state index contributed by atoms with van der Waals surface area (Å²) < 4.78 is 0. The van der Waals surface area contributed by atoms with Gasteiger partial charge >= 0.3 is 0 Å². The molecule has 1 fully saturated rings. The normalized spacial score (nSPS) is 15.5. The number of piperazine rings is 1. The van der Waals surface area contributed by atoms with Crippen molar-refractivity contribution >= 4 is 23.1 Å². The molecule has 24 heavy (non-hydrogen) atoms. The van der Waals surface area contributed by atoms with Gasteiger partial charge in [0, 0.05) is 42.5 Å². The highest BCUT2D eigenvalue weighted by Crippen LogP contribution is 2.20. The maximum absolute atomic E-state index is 12.6. The summed E-state index contributed by atoms with van der Waals surface area (Å²) in [5.41, 5.74) is 4.31. The Morgan fingerprint density at radius 1 is 1.00 bits per heavy atom. The van der Waals surface area contributed by atoms with Crippen molar-refractivity contribution in [2.45, 2.75) is 13.8 Å². The molecule has 1 heterocycles. The van der Waals surface area contributed by atoms with Gasteiger partial charge in [0.15, 0.2) is 5.78 Å². The zero-order valence-electron chi connectivity index (χ0n) is 14.3. The minimum Gasteiger partial charge on any atom is -0.369 e.